The fourth-order valence-electron chi connectivity index (χ4n) is 1.61. The standard InChI is InChI=1S/C15H12FNO2/c1-18-13-7-6-11(9-17)15(8-13)19-10-12-4-2-3-5-14(12)16/h2-8H,10H2,1H3. The Morgan fingerprint density at radius 1 is 1.21 bits per heavy atom. The predicted molar refractivity (Wildman–Crippen MR) is 68.4 cm³/mol. The molecular weight excluding hydrogens is 245 g/mol. The summed E-state index contributed by atoms with van der Waals surface area (Å²) in [7, 11) is 1.53. The van der Waals surface area contributed by atoms with Crippen LogP contribution in [0.4, 0.5) is 4.39 Å². The van der Waals surface area contributed by atoms with E-state index in [9.17, 15) is 4.39 Å². The van der Waals surface area contributed by atoms with E-state index in [2.05, 4.69) is 0 Å². The van der Waals surface area contributed by atoms with Crippen LogP contribution in [0.5, 0.6) is 11.5 Å². The number of rotatable bonds is 4. The van der Waals surface area contributed by atoms with E-state index < -0.39 is 0 Å². The van der Waals surface area contributed by atoms with Crippen LogP contribution in [0.25, 0.3) is 0 Å². The second-order valence-corrected chi connectivity index (χ2v) is 3.85. The molecule has 0 unspecified atom stereocenters. The molecule has 0 aliphatic carbocycles. The van der Waals surface area contributed by atoms with Gasteiger partial charge in [-0.3, -0.25) is 0 Å². The zero-order chi connectivity index (χ0) is 13.7. The van der Waals surface area contributed by atoms with Gasteiger partial charge in [0.05, 0.1) is 12.7 Å². The molecule has 0 spiro atoms. The lowest BCUT2D eigenvalue weighted by molar-refractivity contribution is 0.296. The number of halogens is 1. The summed E-state index contributed by atoms with van der Waals surface area (Å²) in [6.45, 7) is 0.0640. The van der Waals surface area contributed by atoms with E-state index in [0.717, 1.165) is 0 Å². The SMILES string of the molecule is COc1ccc(C#N)c(OCc2ccccc2F)c1. The molecule has 0 radical (unpaired) electrons. The largest absolute Gasteiger partial charge is 0.497 e. The molecule has 0 atom stereocenters. The first-order chi connectivity index (χ1) is 9.24. The molecule has 2 aromatic rings. The first-order valence-corrected chi connectivity index (χ1v) is 5.69. The first kappa shape index (κ1) is 12.9. The summed E-state index contributed by atoms with van der Waals surface area (Å²) in [4.78, 5) is 0. The van der Waals surface area contributed by atoms with Crippen LogP contribution in [-0.2, 0) is 6.61 Å². The molecule has 0 fully saturated rings. The molecule has 0 saturated carbocycles. The third-order valence-electron chi connectivity index (χ3n) is 2.65. The van der Waals surface area contributed by atoms with E-state index in [4.69, 9.17) is 14.7 Å². The van der Waals surface area contributed by atoms with Crippen LogP contribution in [0.3, 0.4) is 0 Å². The number of methoxy groups -OCH3 is 1. The van der Waals surface area contributed by atoms with Gasteiger partial charge in [0, 0.05) is 11.6 Å². The Labute approximate surface area is 110 Å². The number of hydrogen-bond acceptors (Lipinski definition) is 3. The van der Waals surface area contributed by atoms with Gasteiger partial charge in [0.2, 0.25) is 0 Å². The molecule has 0 aliphatic heterocycles. The second kappa shape index (κ2) is 5.87. The van der Waals surface area contributed by atoms with Crippen molar-refractivity contribution < 1.29 is 13.9 Å². The molecule has 0 saturated heterocycles. The molecule has 0 aromatic heterocycles. The van der Waals surface area contributed by atoms with E-state index >= 15 is 0 Å². The third kappa shape index (κ3) is 3.02. The molecule has 96 valence electrons. The summed E-state index contributed by atoms with van der Waals surface area (Å²) in [5, 5.41) is 8.99. The molecule has 3 nitrogen and oxygen atoms in total. The van der Waals surface area contributed by atoms with Crippen LogP contribution in [0, 0.1) is 17.1 Å². The Hall–Kier alpha value is -2.54. The summed E-state index contributed by atoms with van der Waals surface area (Å²) in [5.41, 5.74) is 0.825. The van der Waals surface area contributed by atoms with Gasteiger partial charge in [-0.2, -0.15) is 5.26 Å². The maximum atomic E-state index is 13.5. The summed E-state index contributed by atoms with van der Waals surface area (Å²) in [5.74, 6) is 0.636. The molecule has 19 heavy (non-hydrogen) atoms. The maximum absolute atomic E-state index is 13.5. The number of benzene rings is 2. The van der Waals surface area contributed by atoms with Crippen LogP contribution in [0.2, 0.25) is 0 Å². The van der Waals surface area contributed by atoms with Crippen molar-refractivity contribution in [3.8, 4) is 17.6 Å². The molecule has 0 aliphatic rings. The zero-order valence-corrected chi connectivity index (χ0v) is 10.4. The Morgan fingerprint density at radius 3 is 2.68 bits per heavy atom. The Kier molecular flexibility index (Phi) is 3.99. The van der Waals surface area contributed by atoms with Gasteiger partial charge < -0.3 is 9.47 Å². The first-order valence-electron chi connectivity index (χ1n) is 5.69. The Bertz CT molecular complexity index is 620. The van der Waals surface area contributed by atoms with Crippen LogP contribution < -0.4 is 9.47 Å². The molecular formula is C15H12FNO2. The van der Waals surface area contributed by atoms with Gasteiger partial charge in [-0.1, -0.05) is 18.2 Å². The van der Waals surface area contributed by atoms with Gasteiger partial charge in [0.1, 0.15) is 30.0 Å². The van der Waals surface area contributed by atoms with Crippen LogP contribution in [-0.4, -0.2) is 7.11 Å². The Balaban J connectivity index is 2.19. The average Bonchev–Trinajstić information content (AvgIpc) is 2.46. The van der Waals surface area contributed by atoms with Gasteiger partial charge in [-0.25, -0.2) is 4.39 Å². The molecule has 4 heteroatoms. The van der Waals surface area contributed by atoms with Crippen molar-refractivity contribution in [2.45, 2.75) is 6.61 Å². The minimum absolute atomic E-state index is 0.0640. The van der Waals surface area contributed by atoms with Gasteiger partial charge >= 0.3 is 0 Å². The van der Waals surface area contributed by atoms with Crippen molar-refractivity contribution in [2.75, 3.05) is 7.11 Å². The normalized spacial score (nSPS) is 9.74. The smallest absolute Gasteiger partial charge is 0.141 e. The van der Waals surface area contributed by atoms with Crippen LogP contribution in [0.1, 0.15) is 11.1 Å². The van der Waals surface area contributed by atoms with E-state index in [1.807, 2.05) is 6.07 Å². The quantitative estimate of drug-likeness (QED) is 0.844. The van der Waals surface area contributed by atoms with E-state index in [-0.39, 0.29) is 12.4 Å². The lowest BCUT2D eigenvalue weighted by atomic mass is 10.2. The molecule has 0 amide bonds. The van der Waals surface area contributed by atoms with Gasteiger partial charge in [0.25, 0.3) is 0 Å². The van der Waals surface area contributed by atoms with Crippen LogP contribution >= 0.6 is 0 Å². The highest BCUT2D eigenvalue weighted by molar-refractivity contribution is 5.47. The molecule has 2 rings (SSSR count). The lowest BCUT2D eigenvalue weighted by Crippen LogP contribution is -2.00. The summed E-state index contributed by atoms with van der Waals surface area (Å²) in [6.07, 6.45) is 0. The van der Waals surface area contributed by atoms with Gasteiger partial charge in [-0.05, 0) is 18.2 Å². The number of nitrogens with zero attached hydrogens (tertiary/aromatic N) is 1. The fourth-order valence-corrected chi connectivity index (χ4v) is 1.61. The number of hydrogen-bond donors (Lipinski definition) is 0. The average molecular weight is 257 g/mol. The second-order valence-electron chi connectivity index (χ2n) is 3.85. The zero-order valence-electron chi connectivity index (χ0n) is 10.4. The fraction of sp³-hybridized carbons (Fsp3) is 0.133. The van der Waals surface area contributed by atoms with Gasteiger partial charge in [-0.15, -0.1) is 0 Å². The minimum Gasteiger partial charge on any atom is -0.497 e. The lowest BCUT2D eigenvalue weighted by Gasteiger charge is -2.10. The minimum atomic E-state index is -0.330. The highest BCUT2D eigenvalue weighted by Crippen LogP contribution is 2.25. The number of nitriles is 1. The van der Waals surface area contributed by atoms with E-state index in [0.29, 0.717) is 22.6 Å². The summed E-state index contributed by atoms with van der Waals surface area (Å²) < 4.78 is 24.0. The van der Waals surface area contributed by atoms with Crippen molar-refractivity contribution in [1.82, 2.24) is 0 Å². The predicted octanol–water partition coefficient (Wildman–Crippen LogP) is 3.28. The van der Waals surface area contributed by atoms with Crippen molar-refractivity contribution in [3.05, 3.63) is 59.4 Å². The highest BCUT2D eigenvalue weighted by Gasteiger charge is 2.07. The van der Waals surface area contributed by atoms with E-state index in [1.165, 1.54) is 13.2 Å². The van der Waals surface area contributed by atoms with Crippen molar-refractivity contribution in [1.29, 1.82) is 5.26 Å². The van der Waals surface area contributed by atoms with Crippen molar-refractivity contribution in [3.63, 3.8) is 0 Å². The number of ether oxygens (including phenoxy) is 2. The van der Waals surface area contributed by atoms with Gasteiger partial charge in [0.15, 0.2) is 0 Å². The molecule has 0 bridgehead atoms. The van der Waals surface area contributed by atoms with Crippen molar-refractivity contribution >= 4 is 0 Å². The summed E-state index contributed by atoms with van der Waals surface area (Å²) in [6, 6.07) is 13.3. The highest BCUT2D eigenvalue weighted by atomic mass is 19.1. The Morgan fingerprint density at radius 2 is 2.00 bits per heavy atom. The maximum Gasteiger partial charge on any atom is 0.141 e. The van der Waals surface area contributed by atoms with E-state index in [1.54, 1.807) is 36.4 Å². The topological polar surface area (TPSA) is 42.2 Å². The molecule has 0 N–H and O–H groups in total. The monoisotopic (exact) mass is 257 g/mol. The van der Waals surface area contributed by atoms with Crippen molar-refractivity contribution in [2.24, 2.45) is 0 Å². The van der Waals surface area contributed by atoms with Crippen LogP contribution in [0.15, 0.2) is 42.5 Å². The summed E-state index contributed by atoms with van der Waals surface area (Å²) >= 11 is 0. The third-order valence-corrected chi connectivity index (χ3v) is 2.65. The molecule has 0 heterocycles. The molecule has 2 aromatic carbocycles.